The largest absolute Gasteiger partial charge is 0.467 e. The smallest absolute Gasteiger partial charge is 0.334 e. The Balaban J connectivity index is 2.06. The second-order valence-corrected chi connectivity index (χ2v) is 5.60. The lowest BCUT2D eigenvalue weighted by Gasteiger charge is -2.35. The highest BCUT2D eigenvalue weighted by Gasteiger charge is 2.31. The Bertz CT molecular complexity index is 525. The van der Waals surface area contributed by atoms with Crippen molar-refractivity contribution in [3.63, 3.8) is 0 Å². The number of rotatable bonds is 3. The average molecular weight is 293 g/mol. The summed E-state index contributed by atoms with van der Waals surface area (Å²) in [6.45, 7) is 7.45. The molecule has 1 N–H and O–H groups in total. The summed E-state index contributed by atoms with van der Waals surface area (Å²) in [6.07, 6.45) is 0.474. The average Bonchev–Trinajstić information content (AvgIpc) is 2.49. The first-order valence-corrected chi connectivity index (χ1v) is 7.26. The van der Waals surface area contributed by atoms with Crippen LogP contribution in [0.2, 0.25) is 0 Å². The van der Waals surface area contributed by atoms with Gasteiger partial charge in [-0.3, -0.25) is 0 Å². The number of carbonyl (C=O) groups excluding carboxylic acids is 1. The van der Waals surface area contributed by atoms with E-state index in [-0.39, 0.29) is 5.92 Å². The summed E-state index contributed by atoms with van der Waals surface area (Å²) in [5.41, 5.74) is 2.08. The molecule has 0 aromatic carbocycles. The number of carbonyl (C=O) groups is 1. The second kappa shape index (κ2) is 6.39. The lowest BCUT2D eigenvalue weighted by molar-refractivity contribution is -0.153. The SMILES string of the molecule is COC(=O)C(O)C1CCN(c2nc(C)nc(C)c2C)CC1. The molecule has 0 radical (unpaired) electrons. The van der Waals surface area contributed by atoms with Crippen molar-refractivity contribution in [3.8, 4) is 0 Å². The zero-order chi connectivity index (χ0) is 15.6. The summed E-state index contributed by atoms with van der Waals surface area (Å²) in [6, 6.07) is 0. The van der Waals surface area contributed by atoms with Gasteiger partial charge in [-0.25, -0.2) is 14.8 Å². The van der Waals surface area contributed by atoms with Gasteiger partial charge in [-0.15, -0.1) is 0 Å². The van der Waals surface area contributed by atoms with E-state index in [4.69, 9.17) is 0 Å². The summed E-state index contributed by atoms with van der Waals surface area (Å²) in [5.74, 6) is 1.15. The van der Waals surface area contributed by atoms with Crippen LogP contribution in [0.1, 0.15) is 29.9 Å². The van der Waals surface area contributed by atoms with E-state index in [0.29, 0.717) is 0 Å². The fourth-order valence-corrected chi connectivity index (χ4v) is 2.80. The van der Waals surface area contributed by atoms with Crippen LogP contribution in [0.4, 0.5) is 5.82 Å². The number of anilines is 1. The van der Waals surface area contributed by atoms with Crippen LogP contribution in [0.25, 0.3) is 0 Å². The minimum Gasteiger partial charge on any atom is -0.467 e. The molecule has 0 aliphatic carbocycles. The van der Waals surface area contributed by atoms with Crippen LogP contribution in [0.5, 0.6) is 0 Å². The number of nitrogens with zero attached hydrogens (tertiary/aromatic N) is 3. The molecule has 2 rings (SSSR count). The number of esters is 1. The predicted molar refractivity (Wildman–Crippen MR) is 79.2 cm³/mol. The van der Waals surface area contributed by atoms with Crippen LogP contribution in [0.3, 0.4) is 0 Å². The van der Waals surface area contributed by atoms with Crippen molar-refractivity contribution in [1.82, 2.24) is 9.97 Å². The van der Waals surface area contributed by atoms with Gasteiger partial charge in [0.2, 0.25) is 0 Å². The second-order valence-electron chi connectivity index (χ2n) is 5.60. The molecule has 1 aliphatic heterocycles. The monoisotopic (exact) mass is 293 g/mol. The molecule has 2 heterocycles. The lowest BCUT2D eigenvalue weighted by atomic mass is 9.91. The van der Waals surface area contributed by atoms with Crippen LogP contribution in [0.15, 0.2) is 0 Å². The van der Waals surface area contributed by atoms with E-state index in [9.17, 15) is 9.90 Å². The molecule has 1 saturated heterocycles. The van der Waals surface area contributed by atoms with Crippen LogP contribution in [-0.4, -0.2) is 47.3 Å². The van der Waals surface area contributed by atoms with Gasteiger partial charge in [-0.1, -0.05) is 0 Å². The van der Waals surface area contributed by atoms with E-state index in [1.54, 1.807) is 0 Å². The lowest BCUT2D eigenvalue weighted by Crippen LogP contribution is -2.41. The van der Waals surface area contributed by atoms with Crippen molar-refractivity contribution >= 4 is 11.8 Å². The van der Waals surface area contributed by atoms with E-state index >= 15 is 0 Å². The molecule has 1 fully saturated rings. The number of aliphatic hydroxyl groups is 1. The highest BCUT2D eigenvalue weighted by molar-refractivity contribution is 5.74. The van der Waals surface area contributed by atoms with Crippen LogP contribution < -0.4 is 4.90 Å². The molecule has 0 amide bonds. The summed E-state index contributed by atoms with van der Waals surface area (Å²) < 4.78 is 4.60. The Hall–Kier alpha value is -1.69. The number of ether oxygens (including phenoxy) is 1. The van der Waals surface area contributed by atoms with E-state index < -0.39 is 12.1 Å². The van der Waals surface area contributed by atoms with Gasteiger partial charge in [0.05, 0.1) is 7.11 Å². The standard InChI is InChI=1S/C15H23N3O3/c1-9-10(2)16-11(3)17-14(9)18-7-5-12(6-8-18)13(19)15(20)21-4/h12-13,19H,5-8H2,1-4H3. The topological polar surface area (TPSA) is 75.6 Å². The van der Waals surface area contributed by atoms with Gasteiger partial charge in [0.25, 0.3) is 0 Å². The molecule has 1 aromatic heterocycles. The number of hydrogen-bond donors (Lipinski definition) is 1. The highest BCUT2D eigenvalue weighted by Crippen LogP contribution is 2.27. The van der Waals surface area contributed by atoms with Crippen LogP contribution in [0, 0.1) is 26.7 Å². The number of piperidine rings is 1. The van der Waals surface area contributed by atoms with Crippen molar-refractivity contribution < 1.29 is 14.6 Å². The molecular formula is C15H23N3O3. The minimum absolute atomic E-state index is 0.0435. The molecule has 1 aliphatic rings. The number of aliphatic hydroxyl groups excluding tert-OH is 1. The Morgan fingerprint density at radius 2 is 1.90 bits per heavy atom. The molecule has 0 bridgehead atoms. The highest BCUT2D eigenvalue weighted by atomic mass is 16.5. The van der Waals surface area contributed by atoms with Gasteiger partial charge in [-0.05, 0) is 39.5 Å². The maximum Gasteiger partial charge on any atom is 0.334 e. The van der Waals surface area contributed by atoms with Crippen molar-refractivity contribution in [2.45, 2.75) is 39.7 Å². The molecule has 0 saturated carbocycles. The summed E-state index contributed by atoms with van der Waals surface area (Å²) in [5, 5.41) is 9.92. The molecule has 6 nitrogen and oxygen atoms in total. The van der Waals surface area contributed by atoms with Crippen molar-refractivity contribution in [2.24, 2.45) is 5.92 Å². The Morgan fingerprint density at radius 3 is 2.48 bits per heavy atom. The first-order chi connectivity index (χ1) is 9.93. The minimum atomic E-state index is -1.02. The normalized spacial score (nSPS) is 17.7. The van der Waals surface area contributed by atoms with E-state index in [0.717, 1.165) is 48.8 Å². The van der Waals surface area contributed by atoms with Crippen molar-refractivity contribution in [1.29, 1.82) is 0 Å². The molecule has 116 valence electrons. The summed E-state index contributed by atoms with van der Waals surface area (Å²) >= 11 is 0. The van der Waals surface area contributed by atoms with Crippen LogP contribution in [-0.2, 0) is 9.53 Å². The van der Waals surface area contributed by atoms with Gasteiger partial charge in [-0.2, -0.15) is 0 Å². The summed E-state index contributed by atoms with van der Waals surface area (Å²) in [4.78, 5) is 22.5. The Labute approximate surface area is 125 Å². The number of methoxy groups -OCH3 is 1. The van der Waals surface area contributed by atoms with E-state index in [2.05, 4.69) is 19.6 Å². The first-order valence-electron chi connectivity index (χ1n) is 7.26. The number of aryl methyl sites for hydroxylation is 2. The molecule has 0 spiro atoms. The molecule has 1 aromatic rings. The quantitative estimate of drug-likeness (QED) is 0.843. The van der Waals surface area contributed by atoms with Gasteiger partial charge in [0.1, 0.15) is 11.6 Å². The first kappa shape index (κ1) is 15.7. The Kier molecular flexibility index (Phi) is 4.77. The molecule has 1 unspecified atom stereocenters. The maximum absolute atomic E-state index is 11.4. The van der Waals surface area contributed by atoms with Gasteiger partial charge in [0.15, 0.2) is 6.10 Å². The van der Waals surface area contributed by atoms with Gasteiger partial charge >= 0.3 is 5.97 Å². The van der Waals surface area contributed by atoms with Crippen LogP contribution >= 0.6 is 0 Å². The number of hydrogen-bond acceptors (Lipinski definition) is 6. The fourth-order valence-electron chi connectivity index (χ4n) is 2.80. The maximum atomic E-state index is 11.4. The summed E-state index contributed by atoms with van der Waals surface area (Å²) in [7, 11) is 1.30. The molecule has 6 heteroatoms. The van der Waals surface area contributed by atoms with Gasteiger partial charge in [0, 0.05) is 24.3 Å². The third-order valence-electron chi connectivity index (χ3n) is 4.20. The van der Waals surface area contributed by atoms with Crippen molar-refractivity contribution in [3.05, 3.63) is 17.1 Å². The third-order valence-corrected chi connectivity index (χ3v) is 4.20. The van der Waals surface area contributed by atoms with Gasteiger partial charge < -0.3 is 14.7 Å². The Morgan fingerprint density at radius 1 is 1.29 bits per heavy atom. The fraction of sp³-hybridized carbons (Fsp3) is 0.667. The molecule has 1 atom stereocenters. The molecule has 21 heavy (non-hydrogen) atoms. The van der Waals surface area contributed by atoms with E-state index in [1.165, 1.54) is 7.11 Å². The third kappa shape index (κ3) is 3.32. The zero-order valence-electron chi connectivity index (χ0n) is 13.1. The van der Waals surface area contributed by atoms with E-state index in [1.807, 2.05) is 20.8 Å². The van der Waals surface area contributed by atoms with Crippen molar-refractivity contribution in [2.75, 3.05) is 25.1 Å². The number of aromatic nitrogens is 2. The zero-order valence-corrected chi connectivity index (χ0v) is 13.1. The molecular weight excluding hydrogens is 270 g/mol. The predicted octanol–water partition coefficient (Wildman–Crippen LogP) is 1.15.